The second-order valence-electron chi connectivity index (χ2n) is 6.13. The summed E-state index contributed by atoms with van der Waals surface area (Å²) in [5.74, 6) is 1.35. The highest BCUT2D eigenvalue weighted by Gasteiger charge is 2.14. The van der Waals surface area contributed by atoms with E-state index in [1.54, 1.807) is 6.07 Å². The molecule has 0 fully saturated rings. The molecule has 27 heavy (non-hydrogen) atoms. The van der Waals surface area contributed by atoms with Crippen molar-refractivity contribution in [1.82, 2.24) is 4.98 Å². The van der Waals surface area contributed by atoms with Gasteiger partial charge in [-0.05, 0) is 36.4 Å². The monoisotopic (exact) mass is 389 g/mol. The maximum atomic E-state index is 13.3. The molecule has 0 saturated heterocycles. The van der Waals surface area contributed by atoms with Crippen LogP contribution in [0.3, 0.4) is 0 Å². The number of pyridine rings is 1. The van der Waals surface area contributed by atoms with Crippen molar-refractivity contribution >= 4 is 54.0 Å². The first-order valence-corrected chi connectivity index (χ1v) is 9.58. The van der Waals surface area contributed by atoms with Crippen molar-refractivity contribution < 1.29 is 4.74 Å². The van der Waals surface area contributed by atoms with Crippen molar-refractivity contribution in [2.45, 2.75) is 0 Å². The molecule has 0 N–H and O–H groups in total. The van der Waals surface area contributed by atoms with Crippen molar-refractivity contribution in [3.8, 4) is 11.5 Å². The van der Waals surface area contributed by atoms with E-state index in [1.165, 1.54) is 11.3 Å². The van der Waals surface area contributed by atoms with Crippen LogP contribution in [0.1, 0.15) is 0 Å². The molecular weight excluding hydrogens is 378 g/mol. The molecule has 0 atom stereocenters. The predicted octanol–water partition coefficient (Wildman–Crippen LogP) is 6.41. The number of aromatic nitrogens is 1. The second kappa shape index (κ2) is 6.34. The molecule has 2 aromatic heterocycles. The smallest absolute Gasteiger partial charge is 0.196 e. The Kier molecular flexibility index (Phi) is 3.81. The predicted molar refractivity (Wildman–Crippen MR) is 112 cm³/mol. The number of nitrogens with zero attached hydrogens (tertiary/aromatic N) is 1. The molecule has 3 aromatic carbocycles. The molecule has 0 bridgehead atoms. The number of halogens is 1. The van der Waals surface area contributed by atoms with Crippen molar-refractivity contribution in [2.24, 2.45) is 0 Å². The fourth-order valence-corrected chi connectivity index (χ4v) is 4.54. The summed E-state index contributed by atoms with van der Waals surface area (Å²) < 4.78 is 7.46. The fraction of sp³-hybridized carbons (Fsp3) is 0. The Labute approximate surface area is 163 Å². The van der Waals surface area contributed by atoms with E-state index < -0.39 is 0 Å². The number of rotatable bonds is 2. The van der Waals surface area contributed by atoms with Crippen LogP contribution in [0, 0.1) is 0 Å². The minimum Gasteiger partial charge on any atom is -0.457 e. The van der Waals surface area contributed by atoms with Gasteiger partial charge in [-0.15, -0.1) is 11.3 Å². The molecule has 5 heteroatoms. The van der Waals surface area contributed by atoms with Crippen LogP contribution in [-0.4, -0.2) is 4.98 Å². The van der Waals surface area contributed by atoms with Gasteiger partial charge in [0.2, 0.25) is 0 Å². The van der Waals surface area contributed by atoms with Crippen LogP contribution in [0.25, 0.3) is 31.1 Å². The van der Waals surface area contributed by atoms with Crippen LogP contribution in [0.4, 0.5) is 0 Å². The van der Waals surface area contributed by atoms with Crippen LogP contribution < -0.4 is 10.2 Å². The zero-order chi connectivity index (χ0) is 18.4. The lowest BCUT2D eigenvalue weighted by molar-refractivity contribution is 0.483. The summed E-state index contributed by atoms with van der Waals surface area (Å²) in [6.45, 7) is 0. The largest absolute Gasteiger partial charge is 0.457 e. The van der Waals surface area contributed by atoms with Crippen molar-refractivity contribution in [3.63, 3.8) is 0 Å². The molecule has 0 saturated carbocycles. The molecule has 5 rings (SSSR count). The molecule has 130 valence electrons. The number of hydrogen-bond donors (Lipinski definition) is 0. The first kappa shape index (κ1) is 16.2. The molecule has 0 aliphatic carbocycles. The lowest BCUT2D eigenvalue weighted by Gasteiger charge is -2.09. The van der Waals surface area contributed by atoms with Crippen LogP contribution in [0.15, 0.2) is 77.6 Å². The molecule has 0 aliphatic rings. The Morgan fingerprint density at radius 1 is 0.852 bits per heavy atom. The van der Waals surface area contributed by atoms with E-state index in [0.717, 1.165) is 21.4 Å². The molecular formula is C22H12ClNO2S. The van der Waals surface area contributed by atoms with Crippen molar-refractivity contribution in [2.75, 3.05) is 0 Å². The third-order valence-corrected chi connectivity index (χ3v) is 5.98. The van der Waals surface area contributed by atoms with Crippen LogP contribution in [0.5, 0.6) is 11.5 Å². The van der Waals surface area contributed by atoms with Gasteiger partial charge in [-0.2, -0.15) is 0 Å². The van der Waals surface area contributed by atoms with Gasteiger partial charge in [0.1, 0.15) is 16.7 Å². The summed E-state index contributed by atoms with van der Waals surface area (Å²) in [4.78, 5) is 17.8. The third kappa shape index (κ3) is 2.74. The summed E-state index contributed by atoms with van der Waals surface area (Å²) in [7, 11) is 0. The van der Waals surface area contributed by atoms with E-state index in [-0.39, 0.29) is 5.43 Å². The van der Waals surface area contributed by atoms with Gasteiger partial charge in [-0.25, -0.2) is 4.98 Å². The molecule has 3 nitrogen and oxygen atoms in total. The van der Waals surface area contributed by atoms with Gasteiger partial charge in [0.05, 0.1) is 15.6 Å². The van der Waals surface area contributed by atoms with Gasteiger partial charge in [0, 0.05) is 15.5 Å². The first-order chi connectivity index (χ1) is 13.2. The Balaban J connectivity index is 1.80. The lowest BCUT2D eigenvalue weighted by Crippen LogP contribution is -2.03. The Hall–Kier alpha value is -2.95. The van der Waals surface area contributed by atoms with Crippen LogP contribution in [-0.2, 0) is 0 Å². The van der Waals surface area contributed by atoms with E-state index in [2.05, 4.69) is 4.98 Å². The first-order valence-electron chi connectivity index (χ1n) is 8.38. The normalized spacial score (nSPS) is 11.3. The molecule has 5 aromatic rings. The van der Waals surface area contributed by atoms with Gasteiger partial charge in [-0.3, -0.25) is 4.79 Å². The number of ether oxygens (including phenoxy) is 1. The summed E-state index contributed by atoms with van der Waals surface area (Å²) >= 11 is 7.85. The standard InChI is InChI=1S/C22H12ClNO2S/c23-22-21-19(15-8-4-5-9-17(15)24-22)20(25)16-12-14(10-11-18(16)27-21)26-13-6-2-1-3-7-13/h1-12H. The number of hydrogen-bond acceptors (Lipinski definition) is 4. The van der Waals surface area contributed by atoms with Gasteiger partial charge in [0.15, 0.2) is 5.43 Å². The van der Waals surface area contributed by atoms with Gasteiger partial charge in [0.25, 0.3) is 0 Å². The van der Waals surface area contributed by atoms with Gasteiger partial charge >= 0.3 is 0 Å². The average molecular weight is 390 g/mol. The number of benzene rings is 3. The minimum atomic E-state index is -0.0576. The quantitative estimate of drug-likeness (QED) is 0.199. The highest BCUT2D eigenvalue weighted by Crippen LogP contribution is 2.35. The summed E-state index contributed by atoms with van der Waals surface area (Å²) in [6.07, 6.45) is 0. The van der Waals surface area contributed by atoms with E-state index in [1.807, 2.05) is 66.7 Å². The van der Waals surface area contributed by atoms with E-state index in [9.17, 15) is 4.79 Å². The highest BCUT2D eigenvalue weighted by atomic mass is 35.5. The number of fused-ring (bicyclic) bond motifs is 4. The molecule has 0 radical (unpaired) electrons. The fourth-order valence-electron chi connectivity index (χ4n) is 3.19. The van der Waals surface area contributed by atoms with E-state index in [0.29, 0.717) is 26.4 Å². The minimum absolute atomic E-state index is 0.0576. The Morgan fingerprint density at radius 3 is 2.48 bits per heavy atom. The lowest BCUT2D eigenvalue weighted by atomic mass is 10.1. The van der Waals surface area contributed by atoms with Gasteiger partial charge < -0.3 is 4.74 Å². The maximum absolute atomic E-state index is 13.3. The SMILES string of the molecule is O=c1c2cc(Oc3ccccc3)ccc2sc2c(Cl)nc3ccccc3c12. The molecule has 0 unspecified atom stereocenters. The van der Waals surface area contributed by atoms with E-state index >= 15 is 0 Å². The summed E-state index contributed by atoms with van der Waals surface area (Å²) in [5, 5.41) is 2.40. The second-order valence-corrected chi connectivity index (χ2v) is 7.54. The number of para-hydroxylation sites is 2. The van der Waals surface area contributed by atoms with E-state index in [4.69, 9.17) is 16.3 Å². The summed E-state index contributed by atoms with van der Waals surface area (Å²) in [5.41, 5.74) is 0.660. The molecule has 0 spiro atoms. The molecule has 0 aliphatic heterocycles. The maximum Gasteiger partial charge on any atom is 0.196 e. The van der Waals surface area contributed by atoms with Crippen LogP contribution >= 0.6 is 22.9 Å². The van der Waals surface area contributed by atoms with Crippen LogP contribution in [0.2, 0.25) is 5.15 Å². The topological polar surface area (TPSA) is 39.2 Å². The highest BCUT2D eigenvalue weighted by molar-refractivity contribution is 7.25. The molecule has 2 heterocycles. The zero-order valence-corrected chi connectivity index (χ0v) is 15.6. The Morgan fingerprint density at radius 2 is 1.63 bits per heavy atom. The zero-order valence-electron chi connectivity index (χ0n) is 14.0. The van der Waals surface area contributed by atoms with Crippen molar-refractivity contribution in [3.05, 3.63) is 88.2 Å². The average Bonchev–Trinajstić information content (AvgIpc) is 2.69. The Bertz CT molecular complexity index is 1380. The summed E-state index contributed by atoms with van der Waals surface area (Å²) in [6, 6.07) is 22.6. The third-order valence-electron chi connectivity index (χ3n) is 4.42. The molecule has 0 amide bonds. The van der Waals surface area contributed by atoms with Gasteiger partial charge in [-0.1, -0.05) is 48.0 Å². The van der Waals surface area contributed by atoms with Crippen molar-refractivity contribution in [1.29, 1.82) is 0 Å².